The summed E-state index contributed by atoms with van der Waals surface area (Å²) >= 11 is 7.60. The molecular formula is C17H12ClFN2O3S. The van der Waals surface area contributed by atoms with Crippen molar-refractivity contribution in [2.45, 2.75) is 6.42 Å². The maximum atomic E-state index is 13.4. The van der Waals surface area contributed by atoms with Crippen molar-refractivity contribution in [1.29, 1.82) is 0 Å². The highest BCUT2D eigenvalue weighted by Gasteiger charge is 2.13. The van der Waals surface area contributed by atoms with Crippen LogP contribution in [0.4, 0.5) is 4.39 Å². The minimum Gasteiger partial charge on any atom is -0.480 e. The van der Waals surface area contributed by atoms with Crippen LogP contribution in [0.1, 0.15) is 5.01 Å². The molecule has 3 aromatic rings. The third kappa shape index (κ3) is 4.12. The second-order valence-electron chi connectivity index (χ2n) is 5.26. The third-order valence-corrected chi connectivity index (χ3v) is 4.74. The monoisotopic (exact) mass is 378 g/mol. The number of aromatic nitrogens is 1. The molecule has 25 heavy (non-hydrogen) atoms. The van der Waals surface area contributed by atoms with Crippen molar-refractivity contribution in [1.82, 2.24) is 10.3 Å². The van der Waals surface area contributed by atoms with Gasteiger partial charge in [-0.3, -0.25) is 9.59 Å². The van der Waals surface area contributed by atoms with E-state index in [9.17, 15) is 14.0 Å². The Morgan fingerprint density at radius 2 is 2.08 bits per heavy atom. The number of thiazole rings is 1. The van der Waals surface area contributed by atoms with Crippen LogP contribution >= 0.6 is 22.9 Å². The topological polar surface area (TPSA) is 79.3 Å². The highest BCUT2D eigenvalue weighted by atomic mass is 35.5. The van der Waals surface area contributed by atoms with E-state index >= 15 is 0 Å². The van der Waals surface area contributed by atoms with Gasteiger partial charge < -0.3 is 10.4 Å². The summed E-state index contributed by atoms with van der Waals surface area (Å²) in [6.07, 6.45) is -0.0143. The zero-order valence-electron chi connectivity index (χ0n) is 12.8. The second-order valence-corrected chi connectivity index (χ2v) is 6.79. The molecule has 0 fully saturated rings. The van der Waals surface area contributed by atoms with E-state index in [4.69, 9.17) is 16.7 Å². The van der Waals surface area contributed by atoms with E-state index in [1.807, 2.05) is 6.07 Å². The van der Waals surface area contributed by atoms with E-state index in [1.54, 1.807) is 18.2 Å². The fourth-order valence-corrected chi connectivity index (χ4v) is 3.58. The number of benzene rings is 2. The first-order valence-electron chi connectivity index (χ1n) is 7.26. The van der Waals surface area contributed by atoms with E-state index in [-0.39, 0.29) is 12.2 Å². The fourth-order valence-electron chi connectivity index (χ4n) is 2.32. The first-order valence-corrected chi connectivity index (χ1v) is 8.45. The lowest BCUT2D eigenvalue weighted by Gasteiger charge is -2.04. The number of nitrogens with zero attached hydrogens (tertiary/aromatic N) is 1. The summed E-state index contributed by atoms with van der Waals surface area (Å²) in [6.45, 7) is -0.431. The summed E-state index contributed by atoms with van der Waals surface area (Å²) < 4.78 is 14.2. The number of carbonyl (C=O) groups excluding carboxylic acids is 1. The van der Waals surface area contributed by atoms with E-state index in [1.165, 1.54) is 23.5 Å². The summed E-state index contributed by atoms with van der Waals surface area (Å²) in [5.74, 6) is -1.88. The average Bonchev–Trinajstić information content (AvgIpc) is 2.93. The van der Waals surface area contributed by atoms with Gasteiger partial charge in [0.05, 0.1) is 21.7 Å². The standard InChI is InChI=1S/C17H12ClFN2O3S/c18-12-6-13-14(5-11(12)9-2-1-3-10(19)4-9)25-16(21-13)7-15(22)20-8-17(23)24/h1-6H,7-8H2,(H,20,22)(H,23,24). The molecule has 0 bridgehead atoms. The minimum atomic E-state index is -1.11. The number of rotatable bonds is 5. The summed E-state index contributed by atoms with van der Waals surface area (Å²) in [6, 6.07) is 9.60. The molecule has 8 heteroatoms. The average molecular weight is 379 g/mol. The Morgan fingerprint density at radius 1 is 1.28 bits per heavy atom. The molecule has 5 nitrogen and oxygen atoms in total. The van der Waals surface area contributed by atoms with Gasteiger partial charge >= 0.3 is 5.97 Å². The molecule has 0 atom stereocenters. The number of halogens is 2. The molecule has 1 aromatic heterocycles. The molecule has 2 aromatic carbocycles. The van der Waals surface area contributed by atoms with Crippen molar-refractivity contribution in [2.75, 3.05) is 6.54 Å². The van der Waals surface area contributed by atoms with Crippen LogP contribution in [0.15, 0.2) is 36.4 Å². The second kappa shape index (κ2) is 7.16. The van der Waals surface area contributed by atoms with Crippen molar-refractivity contribution >= 4 is 45.0 Å². The molecular weight excluding hydrogens is 367 g/mol. The molecule has 3 rings (SSSR count). The lowest BCUT2D eigenvalue weighted by Crippen LogP contribution is -2.30. The predicted octanol–water partition coefficient (Wildman–Crippen LogP) is 3.50. The zero-order chi connectivity index (χ0) is 18.0. The molecule has 0 unspecified atom stereocenters. The Labute approximate surface area is 151 Å². The molecule has 1 amide bonds. The molecule has 0 aliphatic carbocycles. The third-order valence-electron chi connectivity index (χ3n) is 3.41. The van der Waals surface area contributed by atoms with Gasteiger partial charge in [-0.25, -0.2) is 9.37 Å². The number of carboxylic acids is 1. The zero-order valence-corrected chi connectivity index (χ0v) is 14.3. The van der Waals surface area contributed by atoms with Gasteiger partial charge in [-0.05, 0) is 29.8 Å². The normalized spacial score (nSPS) is 10.8. The summed E-state index contributed by atoms with van der Waals surface area (Å²) in [4.78, 5) is 26.5. The lowest BCUT2D eigenvalue weighted by atomic mass is 10.1. The van der Waals surface area contributed by atoms with Crippen LogP contribution in [-0.4, -0.2) is 28.5 Å². The van der Waals surface area contributed by atoms with Crippen LogP contribution in [0.2, 0.25) is 5.02 Å². The van der Waals surface area contributed by atoms with Gasteiger partial charge in [0.15, 0.2) is 0 Å². The largest absolute Gasteiger partial charge is 0.480 e. The van der Waals surface area contributed by atoms with E-state index < -0.39 is 18.4 Å². The Hall–Kier alpha value is -2.51. The number of fused-ring (bicyclic) bond motifs is 1. The highest BCUT2D eigenvalue weighted by Crippen LogP contribution is 2.34. The molecule has 1 heterocycles. The number of carbonyl (C=O) groups is 2. The molecule has 0 radical (unpaired) electrons. The van der Waals surface area contributed by atoms with Gasteiger partial charge in [0.2, 0.25) is 5.91 Å². The maximum Gasteiger partial charge on any atom is 0.322 e. The van der Waals surface area contributed by atoms with E-state index in [0.29, 0.717) is 26.7 Å². The highest BCUT2D eigenvalue weighted by molar-refractivity contribution is 7.18. The van der Waals surface area contributed by atoms with Crippen LogP contribution in [0, 0.1) is 5.82 Å². The first kappa shape index (κ1) is 17.3. The number of hydrogen-bond acceptors (Lipinski definition) is 4. The SMILES string of the molecule is O=C(O)CNC(=O)Cc1nc2cc(Cl)c(-c3cccc(F)c3)cc2s1. The molecule has 2 N–H and O–H groups in total. The number of nitrogens with one attached hydrogen (secondary N) is 1. The Bertz CT molecular complexity index is 974. The Kier molecular flexibility index (Phi) is 4.96. The van der Waals surface area contributed by atoms with Gasteiger partial charge in [0, 0.05) is 5.56 Å². The van der Waals surface area contributed by atoms with Crippen LogP contribution in [0.3, 0.4) is 0 Å². The fraction of sp³-hybridized carbons (Fsp3) is 0.118. The minimum absolute atomic E-state index is 0.0143. The summed E-state index contributed by atoms with van der Waals surface area (Å²) in [5, 5.41) is 11.8. The van der Waals surface area contributed by atoms with E-state index in [2.05, 4.69) is 10.3 Å². The number of carboxylic acid groups (broad SMARTS) is 1. The molecule has 0 aliphatic heterocycles. The molecule has 0 saturated heterocycles. The van der Waals surface area contributed by atoms with Gasteiger partial charge in [0.1, 0.15) is 17.4 Å². The number of hydrogen-bond donors (Lipinski definition) is 2. The van der Waals surface area contributed by atoms with Crippen molar-refractivity contribution in [3.05, 3.63) is 52.2 Å². The lowest BCUT2D eigenvalue weighted by molar-refractivity contribution is -0.137. The van der Waals surface area contributed by atoms with Crippen molar-refractivity contribution in [2.24, 2.45) is 0 Å². The Morgan fingerprint density at radius 3 is 2.80 bits per heavy atom. The molecule has 0 saturated carbocycles. The van der Waals surface area contributed by atoms with E-state index in [0.717, 1.165) is 4.70 Å². The quantitative estimate of drug-likeness (QED) is 0.712. The number of amides is 1. The van der Waals surface area contributed by atoms with Gasteiger partial charge in [-0.15, -0.1) is 11.3 Å². The molecule has 0 spiro atoms. The summed E-state index contributed by atoms with van der Waals surface area (Å²) in [7, 11) is 0. The van der Waals surface area contributed by atoms with Gasteiger partial charge in [-0.1, -0.05) is 23.7 Å². The molecule has 0 aliphatic rings. The van der Waals surface area contributed by atoms with Crippen LogP contribution in [0.25, 0.3) is 21.3 Å². The predicted molar refractivity (Wildman–Crippen MR) is 94.4 cm³/mol. The molecule has 128 valence electrons. The van der Waals surface area contributed by atoms with Crippen molar-refractivity contribution in [3.63, 3.8) is 0 Å². The number of aliphatic carboxylic acids is 1. The van der Waals surface area contributed by atoms with Crippen LogP contribution in [0.5, 0.6) is 0 Å². The van der Waals surface area contributed by atoms with Crippen LogP contribution in [-0.2, 0) is 16.0 Å². The maximum absolute atomic E-state index is 13.4. The first-order chi connectivity index (χ1) is 11.9. The smallest absolute Gasteiger partial charge is 0.322 e. The van der Waals surface area contributed by atoms with Crippen molar-refractivity contribution < 1.29 is 19.1 Å². The summed E-state index contributed by atoms with van der Waals surface area (Å²) in [5.41, 5.74) is 1.97. The van der Waals surface area contributed by atoms with Gasteiger partial charge in [-0.2, -0.15) is 0 Å². The Balaban J connectivity index is 1.88. The van der Waals surface area contributed by atoms with Crippen LogP contribution < -0.4 is 5.32 Å². The van der Waals surface area contributed by atoms with Gasteiger partial charge in [0.25, 0.3) is 0 Å². The van der Waals surface area contributed by atoms with Crippen molar-refractivity contribution in [3.8, 4) is 11.1 Å².